The molecule has 18 heavy (non-hydrogen) atoms. The quantitative estimate of drug-likeness (QED) is 0.899. The molecule has 2 N–H and O–H groups in total. The third-order valence-corrected chi connectivity index (χ3v) is 3.72. The van der Waals surface area contributed by atoms with Crippen molar-refractivity contribution in [1.82, 2.24) is 15.3 Å². The first-order valence-corrected chi connectivity index (χ1v) is 6.70. The summed E-state index contributed by atoms with van der Waals surface area (Å²) in [4.78, 5) is 7.64. The Morgan fingerprint density at radius 1 is 1.28 bits per heavy atom. The van der Waals surface area contributed by atoms with E-state index in [1.807, 2.05) is 18.3 Å². The number of imidazole rings is 1. The lowest BCUT2D eigenvalue weighted by atomic mass is 10.2. The highest BCUT2D eigenvalue weighted by molar-refractivity contribution is 6.42. The van der Waals surface area contributed by atoms with Crippen molar-refractivity contribution in [2.75, 3.05) is 0 Å². The maximum Gasteiger partial charge on any atom is 0.137 e. The van der Waals surface area contributed by atoms with Crippen LogP contribution in [0.3, 0.4) is 0 Å². The monoisotopic (exact) mass is 281 g/mol. The average Bonchev–Trinajstić information content (AvgIpc) is 3.08. The second-order valence-electron chi connectivity index (χ2n) is 4.54. The summed E-state index contributed by atoms with van der Waals surface area (Å²) in [5, 5.41) is 4.54. The zero-order valence-electron chi connectivity index (χ0n) is 9.71. The molecular weight excluding hydrogens is 269 g/mol. The van der Waals surface area contributed by atoms with Crippen LogP contribution in [0.25, 0.3) is 11.4 Å². The molecule has 1 heterocycles. The summed E-state index contributed by atoms with van der Waals surface area (Å²) in [7, 11) is 0. The molecule has 0 unspecified atom stereocenters. The highest BCUT2D eigenvalue weighted by atomic mass is 35.5. The summed E-state index contributed by atoms with van der Waals surface area (Å²) in [5.74, 6) is 0.821. The summed E-state index contributed by atoms with van der Waals surface area (Å²) in [6, 6.07) is 6.21. The number of nitrogens with one attached hydrogen (secondary N) is 2. The molecule has 1 saturated carbocycles. The van der Waals surface area contributed by atoms with Gasteiger partial charge in [-0.2, -0.15) is 0 Å². The molecule has 1 fully saturated rings. The van der Waals surface area contributed by atoms with Crippen LogP contribution in [-0.2, 0) is 6.54 Å². The van der Waals surface area contributed by atoms with Gasteiger partial charge in [0.05, 0.1) is 10.0 Å². The SMILES string of the molecule is Clc1ccc(-c2ncc(CNC3CC3)[nH]2)cc1Cl. The molecule has 0 saturated heterocycles. The van der Waals surface area contributed by atoms with Crippen LogP contribution < -0.4 is 5.32 Å². The number of hydrogen-bond donors (Lipinski definition) is 2. The maximum atomic E-state index is 6.00. The fourth-order valence-electron chi connectivity index (χ4n) is 1.78. The number of halogens is 2. The summed E-state index contributed by atoms with van der Waals surface area (Å²) < 4.78 is 0. The van der Waals surface area contributed by atoms with Gasteiger partial charge >= 0.3 is 0 Å². The normalized spacial score (nSPS) is 15.0. The molecule has 0 atom stereocenters. The van der Waals surface area contributed by atoms with Crippen LogP contribution in [0, 0.1) is 0 Å². The number of aromatic amines is 1. The average molecular weight is 282 g/mol. The first-order chi connectivity index (χ1) is 8.72. The third kappa shape index (κ3) is 2.69. The summed E-state index contributed by atoms with van der Waals surface area (Å²) in [6.45, 7) is 0.832. The van der Waals surface area contributed by atoms with Crippen molar-refractivity contribution in [2.45, 2.75) is 25.4 Å². The molecule has 1 aliphatic rings. The van der Waals surface area contributed by atoms with Crippen LogP contribution in [0.4, 0.5) is 0 Å². The van der Waals surface area contributed by atoms with E-state index in [2.05, 4.69) is 15.3 Å². The van der Waals surface area contributed by atoms with E-state index in [1.54, 1.807) is 6.07 Å². The lowest BCUT2D eigenvalue weighted by Crippen LogP contribution is -2.15. The number of benzene rings is 1. The molecule has 1 aliphatic carbocycles. The van der Waals surface area contributed by atoms with Gasteiger partial charge in [-0.3, -0.25) is 0 Å². The molecule has 3 nitrogen and oxygen atoms in total. The zero-order valence-corrected chi connectivity index (χ0v) is 11.2. The Morgan fingerprint density at radius 3 is 2.83 bits per heavy atom. The van der Waals surface area contributed by atoms with Gasteiger partial charge < -0.3 is 10.3 Å². The van der Waals surface area contributed by atoms with E-state index in [4.69, 9.17) is 23.2 Å². The van der Waals surface area contributed by atoms with Crippen molar-refractivity contribution in [3.63, 3.8) is 0 Å². The van der Waals surface area contributed by atoms with Crippen LogP contribution in [0.2, 0.25) is 10.0 Å². The molecule has 94 valence electrons. The molecule has 0 aliphatic heterocycles. The predicted molar refractivity (Wildman–Crippen MR) is 73.9 cm³/mol. The fourth-order valence-corrected chi connectivity index (χ4v) is 2.08. The third-order valence-electron chi connectivity index (χ3n) is 2.98. The molecule has 3 rings (SSSR count). The minimum atomic E-state index is 0.545. The molecule has 1 aromatic carbocycles. The number of aromatic nitrogens is 2. The molecular formula is C13H13Cl2N3. The molecule has 1 aromatic heterocycles. The van der Waals surface area contributed by atoms with Crippen molar-refractivity contribution in [1.29, 1.82) is 0 Å². The zero-order chi connectivity index (χ0) is 12.5. The maximum absolute atomic E-state index is 6.00. The van der Waals surface area contributed by atoms with Crippen molar-refractivity contribution in [3.8, 4) is 11.4 Å². The van der Waals surface area contributed by atoms with Gasteiger partial charge in [0.2, 0.25) is 0 Å². The van der Waals surface area contributed by atoms with E-state index in [1.165, 1.54) is 12.8 Å². The van der Waals surface area contributed by atoms with Crippen LogP contribution in [-0.4, -0.2) is 16.0 Å². The van der Waals surface area contributed by atoms with Gasteiger partial charge in [0, 0.05) is 30.0 Å². The molecule has 2 aromatic rings. The Kier molecular flexibility index (Phi) is 3.29. The number of H-pyrrole nitrogens is 1. The Morgan fingerprint density at radius 2 is 2.11 bits per heavy atom. The smallest absolute Gasteiger partial charge is 0.137 e. The largest absolute Gasteiger partial charge is 0.341 e. The van der Waals surface area contributed by atoms with E-state index < -0.39 is 0 Å². The predicted octanol–water partition coefficient (Wildman–Crippen LogP) is 3.64. The van der Waals surface area contributed by atoms with Gasteiger partial charge in [-0.15, -0.1) is 0 Å². The van der Waals surface area contributed by atoms with Gasteiger partial charge in [-0.1, -0.05) is 23.2 Å². The van der Waals surface area contributed by atoms with Gasteiger partial charge in [0.1, 0.15) is 5.82 Å². The van der Waals surface area contributed by atoms with Gasteiger partial charge in [-0.25, -0.2) is 4.98 Å². The summed E-state index contributed by atoms with van der Waals surface area (Å²) >= 11 is 11.9. The Bertz CT molecular complexity index is 561. The number of rotatable bonds is 4. The highest BCUT2D eigenvalue weighted by Gasteiger charge is 2.20. The molecule has 5 heteroatoms. The number of hydrogen-bond acceptors (Lipinski definition) is 2. The summed E-state index contributed by atoms with van der Waals surface area (Å²) in [5.41, 5.74) is 2.03. The molecule has 0 radical (unpaired) electrons. The van der Waals surface area contributed by atoms with Crippen molar-refractivity contribution in [3.05, 3.63) is 40.1 Å². The second kappa shape index (κ2) is 4.92. The van der Waals surface area contributed by atoms with Crippen molar-refractivity contribution in [2.24, 2.45) is 0 Å². The molecule has 0 amide bonds. The Hall–Kier alpha value is -1.03. The summed E-state index contributed by atoms with van der Waals surface area (Å²) in [6.07, 6.45) is 4.43. The fraction of sp³-hybridized carbons (Fsp3) is 0.308. The lowest BCUT2D eigenvalue weighted by Gasteiger charge is -2.01. The van der Waals surface area contributed by atoms with E-state index in [-0.39, 0.29) is 0 Å². The highest BCUT2D eigenvalue weighted by Crippen LogP contribution is 2.27. The van der Waals surface area contributed by atoms with Crippen LogP contribution in [0.15, 0.2) is 24.4 Å². The van der Waals surface area contributed by atoms with E-state index in [9.17, 15) is 0 Å². The van der Waals surface area contributed by atoms with Crippen LogP contribution in [0.5, 0.6) is 0 Å². The van der Waals surface area contributed by atoms with E-state index in [0.717, 1.165) is 23.6 Å². The van der Waals surface area contributed by atoms with Crippen LogP contribution >= 0.6 is 23.2 Å². The van der Waals surface area contributed by atoms with E-state index in [0.29, 0.717) is 16.1 Å². The van der Waals surface area contributed by atoms with Gasteiger partial charge in [0.15, 0.2) is 0 Å². The molecule has 0 spiro atoms. The second-order valence-corrected chi connectivity index (χ2v) is 5.36. The Balaban J connectivity index is 1.76. The minimum Gasteiger partial charge on any atom is -0.341 e. The van der Waals surface area contributed by atoms with E-state index >= 15 is 0 Å². The van der Waals surface area contributed by atoms with Crippen LogP contribution in [0.1, 0.15) is 18.5 Å². The first kappa shape index (κ1) is 12.0. The number of nitrogens with zero attached hydrogens (tertiary/aromatic N) is 1. The minimum absolute atomic E-state index is 0.545. The van der Waals surface area contributed by atoms with Gasteiger partial charge in [-0.05, 0) is 31.0 Å². The lowest BCUT2D eigenvalue weighted by molar-refractivity contribution is 0.677. The van der Waals surface area contributed by atoms with Gasteiger partial charge in [0.25, 0.3) is 0 Å². The van der Waals surface area contributed by atoms with Crippen molar-refractivity contribution < 1.29 is 0 Å². The first-order valence-electron chi connectivity index (χ1n) is 5.95. The molecule has 0 bridgehead atoms. The van der Waals surface area contributed by atoms with Crippen molar-refractivity contribution >= 4 is 23.2 Å². The topological polar surface area (TPSA) is 40.7 Å². The standard InChI is InChI=1S/C13H13Cl2N3/c14-11-4-1-8(5-12(11)15)13-17-7-10(18-13)6-16-9-2-3-9/h1,4-5,7,9,16H,2-3,6H2,(H,17,18). The Labute approximate surface area is 116 Å².